The first kappa shape index (κ1) is 10.8. The zero-order chi connectivity index (χ0) is 11.5. The maximum absolute atomic E-state index is 12.8. The molecular formula is C10H9ClFN3O. The van der Waals surface area contributed by atoms with Crippen LogP contribution in [0.4, 0.5) is 10.2 Å². The smallest absolute Gasteiger partial charge is 0.181 e. The van der Waals surface area contributed by atoms with Gasteiger partial charge in [0.2, 0.25) is 0 Å². The van der Waals surface area contributed by atoms with E-state index in [2.05, 4.69) is 5.10 Å². The number of benzene rings is 1. The molecule has 0 saturated heterocycles. The summed E-state index contributed by atoms with van der Waals surface area (Å²) in [6.45, 7) is 0.125. The van der Waals surface area contributed by atoms with Crippen molar-refractivity contribution in [3.05, 3.63) is 41.3 Å². The molecule has 2 aromatic rings. The van der Waals surface area contributed by atoms with E-state index in [0.717, 1.165) is 0 Å². The van der Waals surface area contributed by atoms with Crippen molar-refractivity contribution in [1.29, 1.82) is 0 Å². The molecule has 16 heavy (non-hydrogen) atoms. The summed E-state index contributed by atoms with van der Waals surface area (Å²) in [5.41, 5.74) is 5.45. The Morgan fingerprint density at radius 3 is 2.94 bits per heavy atom. The maximum atomic E-state index is 12.8. The molecule has 0 aliphatic carbocycles. The topological polar surface area (TPSA) is 53.1 Å². The van der Waals surface area contributed by atoms with E-state index < -0.39 is 0 Å². The Bertz CT molecular complexity index is 481. The van der Waals surface area contributed by atoms with Gasteiger partial charge < -0.3 is 10.5 Å². The number of rotatable bonds is 3. The third-order valence-corrected chi connectivity index (χ3v) is 2.19. The highest BCUT2D eigenvalue weighted by Crippen LogP contribution is 2.16. The van der Waals surface area contributed by atoms with E-state index >= 15 is 0 Å². The van der Waals surface area contributed by atoms with Gasteiger partial charge in [0.05, 0.1) is 0 Å². The molecule has 0 amide bonds. The molecule has 0 aliphatic heterocycles. The molecule has 0 aliphatic rings. The lowest BCUT2D eigenvalue weighted by atomic mass is 10.3. The number of nitrogens with zero attached hydrogens (tertiary/aromatic N) is 2. The fraction of sp³-hybridized carbons (Fsp3) is 0.100. The van der Waals surface area contributed by atoms with E-state index in [1.54, 1.807) is 12.1 Å². The van der Waals surface area contributed by atoms with E-state index in [4.69, 9.17) is 22.1 Å². The summed E-state index contributed by atoms with van der Waals surface area (Å²) in [4.78, 5) is 0. The van der Waals surface area contributed by atoms with Crippen molar-refractivity contribution >= 4 is 17.4 Å². The number of nitrogen functional groups attached to an aromatic ring is 1. The Hall–Kier alpha value is -1.75. The predicted molar refractivity (Wildman–Crippen MR) is 58.7 cm³/mol. The minimum absolute atomic E-state index is 0.125. The van der Waals surface area contributed by atoms with Crippen molar-refractivity contribution in [1.82, 2.24) is 9.78 Å². The normalized spacial score (nSPS) is 10.4. The minimum Gasteiger partial charge on any atom is -0.471 e. The molecule has 0 radical (unpaired) electrons. The summed E-state index contributed by atoms with van der Waals surface area (Å²) in [5.74, 6) is 0.310. The van der Waals surface area contributed by atoms with Gasteiger partial charge in [0.1, 0.15) is 16.6 Å². The van der Waals surface area contributed by atoms with Crippen LogP contribution in [0.3, 0.4) is 0 Å². The Kier molecular flexibility index (Phi) is 2.96. The Balaban J connectivity index is 2.02. The molecule has 1 aromatic heterocycles. The number of hydrogen-bond donors (Lipinski definition) is 1. The summed E-state index contributed by atoms with van der Waals surface area (Å²) in [5, 5.41) is 4.26. The second kappa shape index (κ2) is 4.40. The zero-order valence-corrected chi connectivity index (χ0v) is 8.99. The number of ether oxygens (including phenoxy) is 1. The highest BCUT2D eigenvalue weighted by molar-refractivity contribution is 6.32. The minimum atomic E-state index is -0.351. The van der Waals surface area contributed by atoms with Gasteiger partial charge in [-0.25, -0.2) is 9.07 Å². The van der Waals surface area contributed by atoms with Crippen molar-refractivity contribution in [3.63, 3.8) is 0 Å². The number of hydrogen-bond acceptors (Lipinski definition) is 3. The highest BCUT2D eigenvalue weighted by Gasteiger charge is 2.03. The van der Waals surface area contributed by atoms with E-state index in [1.165, 1.54) is 23.0 Å². The van der Waals surface area contributed by atoms with Crippen molar-refractivity contribution in [2.24, 2.45) is 0 Å². The molecule has 1 heterocycles. The Morgan fingerprint density at radius 2 is 2.31 bits per heavy atom. The number of halogens is 2. The van der Waals surface area contributed by atoms with Crippen molar-refractivity contribution in [3.8, 4) is 5.75 Å². The molecule has 1 aromatic carbocycles. The molecule has 4 nitrogen and oxygen atoms in total. The van der Waals surface area contributed by atoms with Gasteiger partial charge in [0, 0.05) is 12.3 Å². The van der Waals surface area contributed by atoms with E-state index in [9.17, 15) is 4.39 Å². The second-order valence-corrected chi connectivity index (χ2v) is 3.54. The monoisotopic (exact) mass is 241 g/mol. The number of nitrogens with two attached hydrogens (primary N) is 1. The summed E-state index contributed by atoms with van der Waals surface area (Å²) in [6.07, 6.45) is 1.54. The zero-order valence-electron chi connectivity index (χ0n) is 8.23. The van der Waals surface area contributed by atoms with Crippen LogP contribution in [0.2, 0.25) is 5.02 Å². The molecule has 0 spiro atoms. The molecule has 84 valence electrons. The second-order valence-electron chi connectivity index (χ2n) is 3.13. The summed E-state index contributed by atoms with van der Waals surface area (Å²) >= 11 is 5.71. The largest absolute Gasteiger partial charge is 0.471 e. The van der Waals surface area contributed by atoms with E-state index in [0.29, 0.717) is 10.8 Å². The van der Waals surface area contributed by atoms with E-state index in [-0.39, 0.29) is 18.4 Å². The quantitative estimate of drug-likeness (QED) is 0.897. The molecule has 2 N–H and O–H groups in total. The van der Waals surface area contributed by atoms with Gasteiger partial charge in [-0.1, -0.05) is 17.7 Å². The molecule has 0 saturated carbocycles. The van der Waals surface area contributed by atoms with Gasteiger partial charge in [-0.05, 0) is 12.1 Å². The first-order chi connectivity index (χ1) is 7.65. The van der Waals surface area contributed by atoms with Crippen LogP contribution in [-0.4, -0.2) is 9.78 Å². The highest BCUT2D eigenvalue weighted by atomic mass is 35.5. The van der Waals surface area contributed by atoms with Crippen LogP contribution < -0.4 is 10.5 Å². The van der Waals surface area contributed by atoms with Crippen LogP contribution >= 0.6 is 11.6 Å². The molecule has 2 rings (SSSR count). The van der Waals surface area contributed by atoms with Gasteiger partial charge in [0.15, 0.2) is 12.5 Å². The van der Waals surface area contributed by atoms with Gasteiger partial charge in [0.25, 0.3) is 0 Å². The molecule has 6 heteroatoms. The van der Waals surface area contributed by atoms with Crippen LogP contribution in [0.25, 0.3) is 0 Å². The number of aromatic nitrogens is 2. The van der Waals surface area contributed by atoms with Gasteiger partial charge in [-0.2, -0.15) is 5.10 Å². The van der Waals surface area contributed by atoms with Crippen LogP contribution in [0.1, 0.15) is 0 Å². The lowest BCUT2D eigenvalue weighted by molar-refractivity contribution is 0.220. The fourth-order valence-corrected chi connectivity index (χ4v) is 1.33. The van der Waals surface area contributed by atoms with Gasteiger partial charge in [-0.15, -0.1) is 0 Å². The summed E-state index contributed by atoms with van der Waals surface area (Å²) < 4.78 is 19.5. The Morgan fingerprint density at radius 1 is 1.50 bits per heavy atom. The summed E-state index contributed by atoms with van der Waals surface area (Å²) in [6, 6.07) is 5.84. The van der Waals surface area contributed by atoms with Crippen LogP contribution in [-0.2, 0) is 6.73 Å². The SMILES string of the molecule is Nc1nn(COc2cccc(F)c2)cc1Cl. The lowest BCUT2D eigenvalue weighted by Crippen LogP contribution is -2.06. The predicted octanol–water partition coefficient (Wildman–Crippen LogP) is 2.29. The average Bonchev–Trinajstić information content (AvgIpc) is 2.56. The van der Waals surface area contributed by atoms with Crippen LogP contribution in [0, 0.1) is 5.82 Å². The molecule has 0 fully saturated rings. The maximum Gasteiger partial charge on any atom is 0.181 e. The van der Waals surface area contributed by atoms with Gasteiger partial charge >= 0.3 is 0 Å². The molecule has 0 unspecified atom stereocenters. The van der Waals surface area contributed by atoms with Gasteiger partial charge in [-0.3, -0.25) is 0 Å². The van der Waals surface area contributed by atoms with Crippen LogP contribution in [0.15, 0.2) is 30.5 Å². The van der Waals surface area contributed by atoms with E-state index in [1.807, 2.05) is 0 Å². The van der Waals surface area contributed by atoms with Crippen LogP contribution in [0.5, 0.6) is 5.75 Å². The third-order valence-electron chi connectivity index (χ3n) is 1.90. The molecule has 0 atom stereocenters. The van der Waals surface area contributed by atoms with Crippen molar-refractivity contribution in [2.75, 3.05) is 5.73 Å². The molecule has 0 bridgehead atoms. The molecular weight excluding hydrogens is 233 g/mol. The first-order valence-corrected chi connectivity index (χ1v) is 4.90. The fourth-order valence-electron chi connectivity index (χ4n) is 1.18. The standard InChI is InChI=1S/C10H9ClFN3O/c11-9-5-15(14-10(9)13)6-16-8-3-1-2-7(12)4-8/h1-5H,6H2,(H2,13,14). The summed E-state index contributed by atoms with van der Waals surface area (Å²) in [7, 11) is 0. The Labute approximate surface area is 96.4 Å². The first-order valence-electron chi connectivity index (χ1n) is 4.52. The number of anilines is 1. The lowest BCUT2D eigenvalue weighted by Gasteiger charge is -2.05. The van der Waals surface area contributed by atoms with Crippen molar-refractivity contribution in [2.45, 2.75) is 6.73 Å². The average molecular weight is 242 g/mol. The third kappa shape index (κ3) is 2.43. The van der Waals surface area contributed by atoms with Crippen molar-refractivity contribution < 1.29 is 9.13 Å².